The van der Waals surface area contributed by atoms with E-state index in [0.29, 0.717) is 11.7 Å². The predicted molar refractivity (Wildman–Crippen MR) is 82.2 cm³/mol. The van der Waals surface area contributed by atoms with Crippen molar-refractivity contribution < 1.29 is 14.3 Å². The molecule has 3 atom stereocenters. The summed E-state index contributed by atoms with van der Waals surface area (Å²) in [5.41, 5.74) is -0.0460. The van der Waals surface area contributed by atoms with Crippen molar-refractivity contribution in [3.63, 3.8) is 0 Å². The van der Waals surface area contributed by atoms with Gasteiger partial charge in [-0.1, -0.05) is 26.2 Å². The lowest BCUT2D eigenvalue weighted by Crippen LogP contribution is -2.47. The lowest BCUT2D eigenvalue weighted by Gasteiger charge is -2.43. The molecule has 0 aromatic heterocycles. The summed E-state index contributed by atoms with van der Waals surface area (Å²) in [4.78, 5) is 13.0. The highest BCUT2D eigenvalue weighted by Crippen LogP contribution is 2.40. The van der Waals surface area contributed by atoms with Gasteiger partial charge in [0.1, 0.15) is 5.78 Å². The molecule has 3 fully saturated rings. The number of rotatable bonds is 3. The van der Waals surface area contributed by atoms with Crippen molar-refractivity contribution in [3.8, 4) is 0 Å². The summed E-state index contributed by atoms with van der Waals surface area (Å²) in [7, 11) is 0. The number of carbonyl (C=O) groups is 1. The van der Waals surface area contributed by atoms with Gasteiger partial charge in [-0.3, -0.25) is 4.79 Å². The molecule has 3 nitrogen and oxygen atoms in total. The van der Waals surface area contributed by atoms with E-state index in [1.807, 2.05) is 0 Å². The van der Waals surface area contributed by atoms with Crippen LogP contribution in [0.15, 0.2) is 0 Å². The van der Waals surface area contributed by atoms with Gasteiger partial charge in [0, 0.05) is 31.7 Å². The SMILES string of the molecule is CCC1CCCC(C(=O)C2CCOC3(CCOCC3)C2)C1. The second kappa shape index (κ2) is 6.78. The van der Waals surface area contributed by atoms with Crippen LogP contribution in [0, 0.1) is 17.8 Å². The minimum atomic E-state index is -0.0460. The van der Waals surface area contributed by atoms with Crippen LogP contribution in [0.4, 0.5) is 0 Å². The number of ether oxygens (including phenoxy) is 2. The third kappa shape index (κ3) is 3.50. The Balaban J connectivity index is 1.61. The number of ketones is 1. The van der Waals surface area contributed by atoms with Crippen LogP contribution >= 0.6 is 0 Å². The van der Waals surface area contributed by atoms with Gasteiger partial charge in [-0.2, -0.15) is 0 Å². The van der Waals surface area contributed by atoms with E-state index >= 15 is 0 Å². The second-order valence-electron chi connectivity index (χ2n) is 7.37. The highest BCUT2D eigenvalue weighted by atomic mass is 16.5. The van der Waals surface area contributed by atoms with E-state index < -0.39 is 0 Å². The second-order valence-corrected chi connectivity index (χ2v) is 7.37. The fourth-order valence-electron chi connectivity index (χ4n) is 4.62. The van der Waals surface area contributed by atoms with E-state index in [-0.39, 0.29) is 11.5 Å². The topological polar surface area (TPSA) is 35.5 Å². The molecule has 2 aliphatic heterocycles. The van der Waals surface area contributed by atoms with Crippen molar-refractivity contribution >= 4 is 5.78 Å². The molecular formula is C18H30O3. The van der Waals surface area contributed by atoms with E-state index in [4.69, 9.17) is 9.47 Å². The molecule has 1 spiro atoms. The van der Waals surface area contributed by atoms with Crippen LogP contribution in [0.25, 0.3) is 0 Å². The maximum Gasteiger partial charge on any atom is 0.139 e. The molecule has 0 bridgehead atoms. The first-order chi connectivity index (χ1) is 10.2. The van der Waals surface area contributed by atoms with Gasteiger partial charge >= 0.3 is 0 Å². The average molecular weight is 294 g/mol. The first-order valence-electron chi connectivity index (χ1n) is 8.98. The third-order valence-electron chi connectivity index (χ3n) is 6.06. The van der Waals surface area contributed by atoms with Crippen LogP contribution in [0.1, 0.15) is 64.7 Å². The van der Waals surface area contributed by atoms with Crippen LogP contribution in [0.5, 0.6) is 0 Å². The highest BCUT2D eigenvalue weighted by Gasteiger charge is 2.42. The monoisotopic (exact) mass is 294 g/mol. The summed E-state index contributed by atoms with van der Waals surface area (Å²) >= 11 is 0. The van der Waals surface area contributed by atoms with Gasteiger partial charge in [0.15, 0.2) is 0 Å². The van der Waals surface area contributed by atoms with Gasteiger partial charge < -0.3 is 9.47 Å². The average Bonchev–Trinajstić information content (AvgIpc) is 2.55. The summed E-state index contributed by atoms with van der Waals surface area (Å²) in [5, 5.41) is 0. The molecule has 3 unspecified atom stereocenters. The fraction of sp³-hybridized carbons (Fsp3) is 0.944. The molecule has 0 amide bonds. The molecule has 1 aliphatic carbocycles. The summed E-state index contributed by atoms with van der Waals surface area (Å²) in [6.45, 7) is 4.62. The van der Waals surface area contributed by atoms with Gasteiger partial charge in [0.25, 0.3) is 0 Å². The van der Waals surface area contributed by atoms with Gasteiger partial charge in [0.2, 0.25) is 0 Å². The standard InChI is InChI=1S/C18H30O3/c1-2-14-4-3-5-15(12-14)17(19)16-6-9-21-18(13-16)7-10-20-11-8-18/h14-16H,2-13H2,1H3. The Labute approximate surface area is 128 Å². The molecule has 1 saturated carbocycles. The number of hydrogen-bond acceptors (Lipinski definition) is 3. The Kier molecular flexibility index (Phi) is 5.00. The summed E-state index contributed by atoms with van der Waals surface area (Å²) < 4.78 is 11.6. The zero-order valence-electron chi connectivity index (χ0n) is 13.4. The van der Waals surface area contributed by atoms with E-state index in [9.17, 15) is 4.79 Å². The van der Waals surface area contributed by atoms with Crippen LogP contribution < -0.4 is 0 Å². The Morgan fingerprint density at radius 1 is 1.10 bits per heavy atom. The van der Waals surface area contributed by atoms with Crippen molar-refractivity contribution in [1.82, 2.24) is 0 Å². The molecule has 0 aromatic carbocycles. The van der Waals surface area contributed by atoms with Gasteiger partial charge in [0.05, 0.1) is 5.60 Å². The van der Waals surface area contributed by atoms with Crippen molar-refractivity contribution in [2.45, 2.75) is 70.3 Å². The fourth-order valence-corrected chi connectivity index (χ4v) is 4.62. The zero-order valence-corrected chi connectivity index (χ0v) is 13.4. The van der Waals surface area contributed by atoms with Crippen LogP contribution in [0.3, 0.4) is 0 Å². The minimum Gasteiger partial charge on any atom is -0.381 e. The van der Waals surface area contributed by atoms with Gasteiger partial charge in [-0.05, 0) is 44.4 Å². The molecule has 0 N–H and O–H groups in total. The van der Waals surface area contributed by atoms with E-state index in [1.165, 1.54) is 19.3 Å². The van der Waals surface area contributed by atoms with Crippen molar-refractivity contribution in [2.75, 3.05) is 19.8 Å². The lowest BCUT2D eigenvalue weighted by molar-refractivity contribution is -0.159. The molecule has 2 saturated heterocycles. The largest absolute Gasteiger partial charge is 0.381 e. The smallest absolute Gasteiger partial charge is 0.139 e. The molecule has 120 valence electrons. The molecule has 2 heterocycles. The number of hydrogen-bond donors (Lipinski definition) is 0. The third-order valence-corrected chi connectivity index (χ3v) is 6.06. The van der Waals surface area contributed by atoms with Crippen molar-refractivity contribution in [1.29, 1.82) is 0 Å². The van der Waals surface area contributed by atoms with Crippen LogP contribution in [-0.2, 0) is 14.3 Å². The van der Waals surface area contributed by atoms with Crippen molar-refractivity contribution in [2.24, 2.45) is 17.8 Å². The maximum absolute atomic E-state index is 13.0. The maximum atomic E-state index is 13.0. The zero-order chi connectivity index (χ0) is 14.7. The number of carbonyl (C=O) groups excluding carboxylic acids is 1. The molecule has 3 heteroatoms. The lowest BCUT2D eigenvalue weighted by atomic mass is 9.71. The first kappa shape index (κ1) is 15.5. The molecule has 0 radical (unpaired) electrons. The van der Waals surface area contributed by atoms with Crippen molar-refractivity contribution in [3.05, 3.63) is 0 Å². The van der Waals surface area contributed by atoms with Gasteiger partial charge in [-0.15, -0.1) is 0 Å². The minimum absolute atomic E-state index is 0.0460. The summed E-state index contributed by atoms with van der Waals surface area (Å²) in [6.07, 6.45) is 9.91. The Morgan fingerprint density at radius 3 is 2.67 bits per heavy atom. The quantitative estimate of drug-likeness (QED) is 0.795. The number of Topliss-reactive ketones (excluding diaryl/α,β-unsaturated/α-hetero) is 1. The Hall–Kier alpha value is -0.410. The normalized spacial score (nSPS) is 36.5. The Bertz CT molecular complexity index is 354. The highest BCUT2D eigenvalue weighted by molar-refractivity contribution is 5.83. The molecule has 0 aromatic rings. The first-order valence-corrected chi connectivity index (χ1v) is 8.98. The summed E-state index contributed by atoms with van der Waals surface area (Å²) in [6, 6.07) is 0. The van der Waals surface area contributed by atoms with Crippen LogP contribution in [-0.4, -0.2) is 31.2 Å². The molecular weight excluding hydrogens is 264 g/mol. The Morgan fingerprint density at radius 2 is 1.90 bits per heavy atom. The molecule has 3 rings (SSSR count). The molecule has 3 aliphatic rings. The van der Waals surface area contributed by atoms with E-state index in [2.05, 4.69) is 6.92 Å². The van der Waals surface area contributed by atoms with Gasteiger partial charge in [-0.25, -0.2) is 0 Å². The van der Waals surface area contributed by atoms with E-state index in [1.54, 1.807) is 0 Å². The summed E-state index contributed by atoms with van der Waals surface area (Å²) in [5.74, 6) is 1.92. The predicted octanol–water partition coefficient (Wildman–Crippen LogP) is 3.75. The van der Waals surface area contributed by atoms with E-state index in [0.717, 1.165) is 64.3 Å². The van der Waals surface area contributed by atoms with Crippen LogP contribution in [0.2, 0.25) is 0 Å². The molecule has 21 heavy (non-hydrogen) atoms.